The van der Waals surface area contributed by atoms with Crippen LogP contribution in [0.2, 0.25) is 0 Å². The zero-order valence-corrected chi connectivity index (χ0v) is 13.6. The highest BCUT2D eigenvalue weighted by atomic mass is 16.5. The maximum absolute atomic E-state index is 6.28. The fourth-order valence-corrected chi connectivity index (χ4v) is 3.88. The minimum Gasteiger partial charge on any atom is -0.371 e. The van der Waals surface area contributed by atoms with Crippen LogP contribution in [0.15, 0.2) is 41.2 Å². The molecular formula is C19H27NO. The number of fused-ring (bicyclic) bond motifs is 1. The molecule has 1 saturated carbocycles. The first kappa shape index (κ1) is 14.8. The summed E-state index contributed by atoms with van der Waals surface area (Å²) in [6.07, 6.45) is 13.9. The lowest BCUT2D eigenvalue weighted by Gasteiger charge is -2.47. The van der Waals surface area contributed by atoms with E-state index in [1.165, 1.54) is 49.9 Å². The van der Waals surface area contributed by atoms with Crippen molar-refractivity contribution in [1.29, 1.82) is 0 Å². The van der Waals surface area contributed by atoms with Crippen molar-refractivity contribution >= 4 is 0 Å². The molecule has 2 fully saturated rings. The molecule has 0 unspecified atom stereocenters. The molecule has 2 nitrogen and oxygen atoms in total. The minimum absolute atomic E-state index is 0.237. The van der Waals surface area contributed by atoms with Gasteiger partial charge in [-0.2, -0.15) is 0 Å². The van der Waals surface area contributed by atoms with Crippen molar-refractivity contribution in [3.63, 3.8) is 0 Å². The molecule has 21 heavy (non-hydrogen) atoms. The highest BCUT2D eigenvalue weighted by molar-refractivity contribution is 5.43. The van der Waals surface area contributed by atoms with Gasteiger partial charge in [0.25, 0.3) is 0 Å². The van der Waals surface area contributed by atoms with E-state index in [4.69, 9.17) is 4.74 Å². The Bertz CT molecular complexity index is 512. The molecule has 1 saturated heterocycles. The number of hydrogen-bond donors (Lipinski definition) is 0. The van der Waals surface area contributed by atoms with E-state index in [0.717, 1.165) is 0 Å². The van der Waals surface area contributed by atoms with Crippen molar-refractivity contribution in [2.45, 2.75) is 51.7 Å². The molecule has 0 aromatic rings. The number of hydrogen-bond acceptors (Lipinski definition) is 2. The number of nitrogens with zero attached hydrogens (tertiary/aromatic N) is 1. The van der Waals surface area contributed by atoms with Crippen molar-refractivity contribution in [2.75, 3.05) is 20.1 Å². The average Bonchev–Trinajstić information content (AvgIpc) is 2.67. The summed E-state index contributed by atoms with van der Waals surface area (Å²) >= 11 is 0. The maximum atomic E-state index is 6.28. The fraction of sp³-hybridized carbons (Fsp3) is 0.632. The van der Waals surface area contributed by atoms with Crippen molar-refractivity contribution in [2.24, 2.45) is 5.41 Å². The summed E-state index contributed by atoms with van der Waals surface area (Å²) in [4.78, 5) is 2.45. The van der Waals surface area contributed by atoms with Gasteiger partial charge in [0.05, 0.1) is 12.2 Å². The van der Waals surface area contributed by atoms with Gasteiger partial charge < -0.3 is 9.64 Å². The predicted molar refractivity (Wildman–Crippen MR) is 87.2 cm³/mol. The van der Waals surface area contributed by atoms with E-state index in [1.807, 2.05) is 0 Å². The van der Waals surface area contributed by atoms with Gasteiger partial charge in [-0.1, -0.05) is 18.2 Å². The molecule has 1 heterocycles. The third-order valence-electron chi connectivity index (χ3n) is 5.09. The summed E-state index contributed by atoms with van der Waals surface area (Å²) < 4.78 is 6.28. The Hall–Kier alpha value is -1.08. The molecule has 1 atom stereocenters. The smallest absolute Gasteiger partial charge is 0.0842 e. The van der Waals surface area contributed by atoms with E-state index >= 15 is 0 Å². The molecule has 0 bridgehead atoms. The summed E-state index contributed by atoms with van der Waals surface area (Å²) in [7, 11) is 2.23. The third-order valence-corrected chi connectivity index (χ3v) is 5.09. The predicted octanol–water partition coefficient (Wildman–Crippen LogP) is 3.86. The number of piperidine rings is 1. The van der Waals surface area contributed by atoms with Crippen LogP contribution in [-0.4, -0.2) is 37.2 Å². The molecule has 0 radical (unpaired) electrons. The Morgan fingerprint density at radius 3 is 2.76 bits per heavy atom. The van der Waals surface area contributed by atoms with Crippen molar-refractivity contribution in [1.82, 2.24) is 4.90 Å². The van der Waals surface area contributed by atoms with Gasteiger partial charge in [0.15, 0.2) is 0 Å². The molecule has 2 heteroatoms. The lowest BCUT2D eigenvalue weighted by molar-refractivity contribution is -0.0238. The standard InChI is InChI=1S/C19H27NO/c1-15(2)21-18-14-19(9-11-20(3)12-10-19)13-16-7-5-4-6-8-17(16)18/h4-6,8,15,18H,9-14H2,1-3H3/t18-/m0/s1. The Morgan fingerprint density at radius 1 is 1.29 bits per heavy atom. The highest BCUT2D eigenvalue weighted by Gasteiger charge is 2.42. The molecule has 1 spiro atoms. The van der Waals surface area contributed by atoms with Crippen LogP contribution in [-0.2, 0) is 4.74 Å². The second-order valence-corrected chi connectivity index (χ2v) is 7.15. The van der Waals surface area contributed by atoms with Gasteiger partial charge in [-0.3, -0.25) is 0 Å². The van der Waals surface area contributed by atoms with Crippen LogP contribution in [0.5, 0.6) is 0 Å². The molecule has 3 rings (SSSR count). The lowest BCUT2D eigenvalue weighted by Crippen LogP contribution is -2.44. The first-order chi connectivity index (χ1) is 10.1. The zero-order chi connectivity index (χ0) is 14.9. The summed E-state index contributed by atoms with van der Waals surface area (Å²) in [5.74, 6) is 0. The van der Waals surface area contributed by atoms with Gasteiger partial charge in [-0.05, 0) is 76.7 Å². The number of likely N-dealkylation sites (tertiary alicyclic amines) is 1. The van der Waals surface area contributed by atoms with Crippen LogP contribution in [0.1, 0.15) is 39.5 Å². The van der Waals surface area contributed by atoms with E-state index in [0.29, 0.717) is 5.41 Å². The first-order valence-corrected chi connectivity index (χ1v) is 8.25. The van der Waals surface area contributed by atoms with Crippen LogP contribution < -0.4 is 0 Å². The monoisotopic (exact) mass is 285 g/mol. The van der Waals surface area contributed by atoms with Crippen molar-refractivity contribution in [3.05, 3.63) is 41.2 Å². The van der Waals surface area contributed by atoms with Gasteiger partial charge in [-0.15, -0.1) is 5.73 Å². The van der Waals surface area contributed by atoms with Crippen molar-refractivity contribution < 1.29 is 4.74 Å². The normalized spacial score (nSPS) is 28.3. The molecule has 2 aliphatic carbocycles. The van der Waals surface area contributed by atoms with Gasteiger partial charge in [-0.25, -0.2) is 0 Å². The zero-order valence-electron chi connectivity index (χ0n) is 13.6. The minimum atomic E-state index is 0.237. The van der Waals surface area contributed by atoms with Gasteiger partial charge in [0.2, 0.25) is 0 Å². The quantitative estimate of drug-likeness (QED) is 0.714. The second kappa shape index (κ2) is 5.96. The Kier molecular flexibility index (Phi) is 4.21. The van der Waals surface area contributed by atoms with Crippen LogP contribution in [0.4, 0.5) is 0 Å². The van der Waals surface area contributed by atoms with E-state index < -0.39 is 0 Å². The van der Waals surface area contributed by atoms with E-state index in [9.17, 15) is 0 Å². The van der Waals surface area contributed by atoms with Gasteiger partial charge >= 0.3 is 0 Å². The summed E-state index contributed by atoms with van der Waals surface area (Å²) in [6.45, 7) is 6.70. The van der Waals surface area contributed by atoms with Crippen LogP contribution >= 0.6 is 0 Å². The Morgan fingerprint density at radius 2 is 2.05 bits per heavy atom. The van der Waals surface area contributed by atoms with E-state index in [-0.39, 0.29) is 12.2 Å². The summed E-state index contributed by atoms with van der Waals surface area (Å²) in [5.41, 5.74) is 6.67. The molecule has 1 aliphatic heterocycles. The lowest BCUT2D eigenvalue weighted by atomic mass is 9.64. The first-order valence-electron chi connectivity index (χ1n) is 8.25. The van der Waals surface area contributed by atoms with Gasteiger partial charge in [0, 0.05) is 5.57 Å². The van der Waals surface area contributed by atoms with Crippen LogP contribution in [0.3, 0.4) is 0 Å². The third kappa shape index (κ3) is 3.23. The highest BCUT2D eigenvalue weighted by Crippen LogP contribution is 2.49. The molecule has 114 valence electrons. The van der Waals surface area contributed by atoms with Crippen molar-refractivity contribution in [3.8, 4) is 0 Å². The second-order valence-electron chi connectivity index (χ2n) is 7.15. The average molecular weight is 285 g/mol. The molecule has 0 aromatic carbocycles. The molecule has 0 aromatic heterocycles. The summed E-state index contributed by atoms with van der Waals surface area (Å²) in [5, 5.41) is 0. The van der Waals surface area contributed by atoms with E-state index in [2.05, 4.69) is 55.8 Å². The molecule has 3 aliphatic rings. The molecular weight excluding hydrogens is 258 g/mol. The maximum Gasteiger partial charge on any atom is 0.0842 e. The molecule has 0 amide bonds. The Labute approximate surface area is 128 Å². The molecule has 0 N–H and O–H groups in total. The number of allylic oxidation sites excluding steroid dienone is 3. The largest absolute Gasteiger partial charge is 0.371 e. The topological polar surface area (TPSA) is 12.5 Å². The SMILES string of the molecule is CC(C)O[C@H]1CC2(CCN(C)CC2)CC2=C=CC=CC=C21. The van der Waals surface area contributed by atoms with Crippen LogP contribution in [0, 0.1) is 5.41 Å². The number of ether oxygens (including phenoxy) is 1. The number of rotatable bonds is 2. The fourth-order valence-electron chi connectivity index (χ4n) is 3.88. The van der Waals surface area contributed by atoms with Crippen LogP contribution in [0.25, 0.3) is 0 Å². The van der Waals surface area contributed by atoms with E-state index in [1.54, 1.807) is 0 Å². The van der Waals surface area contributed by atoms with Gasteiger partial charge in [0.1, 0.15) is 0 Å². The Balaban J connectivity index is 1.89. The summed E-state index contributed by atoms with van der Waals surface area (Å²) in [6, 6.07) is 0.